The van der Waals surface area contributed by atoms with Gasteiger partial charge in [0.25, 0.3) is 5.91 Å². The highest BCUT2D eigenvalue weighted by atomic mass is 16.1. The Morgan fingerprint density at radius 1 is 1.09 bits per heavy atom. The molecule has 0 unspecified atom stereocenters. The monoisotopic (exact) mass is 310 g/mol. The summed E-state index contributed by atoms with van der Waals surface area (Å²) in [5, 5.41) is 2.80. The molecule has 0 radical (unpaired) electrons. The SMILES string of the molecule is CCN1CCN(c2ccc(C(=O)Nc3ccccn3)cc2)CC1. The lowest BCUT2D eigenvalue weighted by Crippen LogP contribution is -2.46. The third-order valence-electron chi connectivity index (χ3n) is 4.22. The zero-order chi connectivity index (χ0) is 16.1. The Kier molecular flexibility index (Phi) is 4.88. The van der Waals surface area contributed by atoms with Crippen LogP contribution in [-0.4, -0.2) is 48.5 Å². The molecule has 1 aromatic heterocycles. The lowest BCUT2D eigenvalue weighted by molar-refractivity contribution is 0.102. The number of nitrogens with zero attached hydrogens (tertiary/aromatic N) is 3. The minimum atomic E-state index is -0.133. The number of likely N-dealkylation sites (N-methyl/N-ethyl adjacent to an activating group) is 1. The van der Waals surface area contributed by atoms with Crippen molar-refractivity contribution in [1.29, 1.82) is 0 Å². The Balaban J connectivity index is 1.62. The van der Waals surface area contributed by atoms with Crippen LogP contribution in [-0.2, 0) is 0 Å². The maximum absolute atomic E-state index is 12.2. The van der Waals surface area contributed by atoms with Gasteiger partial charge in [-0.1, -0.05) is 13.0 Å². The fourth-order valence-corrected chi connectivity index (χ4v) is 2.77. The summed E-state index contributed by atoms with van der Waals surface area (Å²) in [7, 11) is 0. The molecule has 1 fully saturated rings. The normalized spacial score (nSPS) is 15.4. The summed E-state index contributed by atoms with van der Waals surface area (Å²) in [6.45, 7) is 7.57. The molecule has 2 heterocycles. The van der Waals surface area contributed by atoms with Crippen molar-refractivity contribution in [3.63, 3.8) is 0 Å². The molecule has 0 atom stereocenters. The summed E-state index contributed by atoms with van der Waals surface area (Å²) in [6.07, 6.45) is 1.66. The second-order valence-electron chi connectivity index (χ2n) is 5.64. The van der Waals surface area contributed by atoms with E-state index in [1.54, 1.807) is 12.3 Å². The number of carbonyl (C=O) groups is 1. The lowest BCUT2D eigenvalue weighted by Gasteiger charge is -2.35. The van der Waals surface area contributed by atoms with Crippen LogP contribution in [0.4, 0.5) is 11.5 Å². The highest BCUT2D eigenvalue weighted by molar-refractivity contribution is 6.03. The van der Waals surface area contributed by atoms with E-state index in [9.17, 15) is 4.79 Å². The van der Waals surface area contributed by atoms with Crippen LogP contribution < -0.4 is 10.2 Å². The van der Waals surface area contributed by atoms with Crippen LogP contribution in [0, 0.1) is 0 Å². The van der Waals surface area contributed by atoms with E-state index < -0.39 is 0 Å². The van der Waals surface area contributed by atoms with E-state index >= 15 is 0 Å². The summed E-state index contributed by atoms with van der Waals surface area (Å²) in [5.41, 5.74) is 1.82. The van der Waals surface area contributed by atoms with Crippen LogP contribution in [0.2, 0.25) is 0 Å². The topological polar surface area (TPSA) is 48.5 Å². The molecule has 5 nitrogen and oxygen atoms in total. The highest BCUT2D eigenvalue weighted by Crippen LogP contribution is 2.18. The molecule has 3 rings (SSSR count). The van der Waals surface area contributed by atoms with E-state index in [4.69, 9.17) is 0 Å². The van der Waals surface area contributed by atoms with E-state index in [1.165, 1.54) is 5.69 Å². The highest BCUT2D eigenvalue weighted by Gasteiger charge is 2.16. The van der Waals surface area contributed by atoms with Gasteiger partial charge < -0.3 is 15.1 Å². The van der Waals surface area contributed by atoms with Crippen LogP contribution >= 0.6 is 0 Å². The van der Waals surface area contributed by atoms with Gasteiger partial charge in [0.15, 0.2) is 0 Å². The van der Waals surface area contributed by atoms with Gasteiger partial charge in [0.1, 0.15) is 5.82 Å². The first-order chi connectivity index (χ1) is 11.3. The first-order valence-corrected chi connectivity index (χ1v) is 8.06. The molecule has 120 valence electrons. The summed E-state index contributed by atoms with van der Waals surface area (Å²) < 4.78 is 0. The van der Waals surface area contributed by atoms with E-state index in [0.717, 1.165) is 32.7 Å². The standard InChI is InChI=1S/C18H22N4O/c1-2-21-11-13-22(14-12-21)16-8-6-15(7-9-16)18(23)20-17-5-3-4-10-19-17/h3-10H,2,11-14H2,1H3,(H,19,20,23). The third kappa shape index (κ3) is 3.87. The Hall–Kier alpha value is -2.40. The van der Waals surface area contributed by atoms with Gasteiger partial charge in [-0.15, -0.1) is 0 Å². The molecule has 23 heavy (non-hydrogen) atoms. The van der Waals surface area contributed by atoms with Gasteiger partial charge in [0, 0.05) is 43.6 Å². The Morgan fingerprint density at radius 3 is 2.43 bits per heavy atom. The molecule has 1 N–H and O–H groups in total. The number of hydrogen-bond acceptors (Lipinski definition) is 4. The maximum Gasteiger partial charge on any atom is 0.256 e. The van der Waals surface area contributed by atoms with Gasteiger partial charge in [0.05, 0.1) is 0 Å². The molecular weight excluding hydrogens is 288 g/mol. The van der Waals surface area contributed by atoms with Gasteiger partial charge in [0.2, 0.25) is 0 Å². The molecule has 1 aromatic carbocycles. The first-order valence-electron chi connectivity index (χ1n) is 8.06. The summed E-state index contributed by atoms with van der Waals surface area (Å²) >= 11 is 0. The summed E-state index contributed by atoms with van der Waals surface area (Å²) in [6, 6.07) is 13.2. The molecule has 1 aliphatic rings. The number of benzene rings is 1. The number of pyridine rings is 1. The van der Waals surface area contributed by atoms with Crippen molar-refractivity contribution in [3.05, 3.63) is 54.2 Å². The quantitative estimate of drug-likeness (QED) is 0.942. The fourth-order valence-electron chi connectivity index (χ4n) is 2.77. The molecule has 5 heteroatoms. The minimum Gasteiger partial charge on any atom is -0.369 e. The largest absolute Gasteiger partial charge is 0.369 e. The molecule has 0 aliphatic carbocycles. The lowest BCUT2D eigenvalue weighted by atomic mass is 10.1. The number of amides is 1. The van der Waals surface area contributed by atoms with Crippen LogP contribution in [0.25, 0.3) is 0 Å². The molecule has 2 aromatic rings. The van der Waals surface area contributed by atoms with Gasteiger partial charge in [-0.2, -0.15) is 0 Å². The molecule has 1 aliphatic heterocycles. The molecule has 0 spiro atoms. The first kappa shape index (κ1) is 15.5. The fraction of sp³-hybridized carbons (Fsp3) is 0.333. The predicted molar refractivity (Wildman–Crippen MR) is 93.0 cm³/mol. The molecule has 0 bridgehead atoms. The van der Waals surface area contributed by atoms with Crippen molar-refractivity contribution < 1.29 is 4.79 Å². The number of piperazine rings is 1. The second kappa shape index (κ2) is 7.24. The average Bonchev–Trinajstić information content (AvgIpc) is 2.63. The zero-order valence-electron chi connectivity index (χ0n) is 13.4. The van der Waals surface area contributed by atoms with Crippen molar-refractivity contribution >= 4 is 17.4 Å². The number of carbonyl (C=O) groups excluding carboxylic acids is 1. The third-order valence-corrected chi connectivity index (χ3v) is 4.22. The van der Waals surface area contributed by atoms with Crippen molar-refractivity contribution in [2.45, 2.75) is 6.92 Å². The van der Waals surface area contributed by atoms with Crippen LogP contribution in [0.1, 0.15) is 17.3 Å². The van der Waals surface area contributed by atoms with Crippen molar-refractivity contribution in [2.75, 3.05) is 42.9 Å². The van der Waals surface area contributed by atoms with Crippen LogP contribution in [0.15, 0.2) is 48.7 Å². The summed E-state index contributed by atoms with van der Waals surface area (Å²) in [4.78, 5) is 21.1. The van der Waals surface area contributed by atoms with Gasteiger partial charge in [-0.3, -0.25) is 4.79 Å². The summed E-state index contributed by atoms with van der Waals surface area (Å²) in [5.74, 6) is 0.434. The minimum absolute atomic E-state index is 0.133. The van der Waals surface area contributed by atoms with E-state index in [1.807, 2.05) is 36.4 Å². The Bertz CT molecular complexity index is 634. The number of rotatable bonds is 4. The number of anilines is 2. The maximum atomic E-state index is 12.2. The number of aromatic nitrogens is 1. The van der Waals surface area contributed by atoms with Crippen molar-refractivity contribution in [3.8, 4) is 0 Å². The molecule has 0 saturated carbocycles. The average molecular weight is 310 g/mol. The van der Waals surface area contributed by atoms with Crippen LogP contribution in [0.3, 0.4) is 0 Å². The predicted octanol–water partition coefficient (Wildman–Crippen LogP) is 2.48. The van der Waals surface area contributed by atoms with Gasteiger partial charge in [-0.05, 0) is 42.9 Å². The Labute approximate surface area is 136 Å². The second-order valence-corrected chi connectivity index (χ2v) is 5.64. The van der Waals surface area contributed by atoms with Crippen molar-refractivity contribution in [1.82, 2.24) is 9.88 Å². The van der Waals surface area contributed by atoms with Gasteiger partial charge in [-0.25, -0.2) is 4.98 Å². The molecule has 1 amide bonds. The van der Waals surface area contributed by atoms with Crippen molar-refractivity contribution in [2.24, 2.45) is 0 Å². The van der Waals surface area contributed by atoms with E-state index in [2.05, 4.69) is 27.0 Å². The molecular formula is C18H22N4O. The van der Waals surface area contributed by atoms with E-state index in [0.29, 0.717) is 11.4 Å². The smallest absolute Gasteiger partial charge is 0.256 e. The molecule has 1 saturated heterocycles. The van der Waals surface area contributed by atoms with E-state index in [-0.39, 0.29) is 5.91 Å². The number of nitrogens with one attached hydrogen (secondary N) is 1. The van der Waals surface area contributed by atoms with Gasteiger partial charge >= 0.3 is 0 Å². The Morgan fingerprint density at radius 2 is 1.83 bits per heavy atom. The van der Waals surface area contributed by atoms with Crippen LogP contribution in [0.5, 0.6) is 0 Å². The zero-order valence-corrected chi connectivity index (χ0v) is 13.4. The number of hydrogen-bond donors (Lipinski definition) is 1.